The number of esters is 1. The molecule has 0 atom stereocenters. The number of nitrogens with zero attached hydrogens (tertiary/aromatic N) is 2. The third-order valence-electron chi connectivity index (χ3n) is 5.23. The Morgan fingerprint density at radius 3 is 2.19 bits per heavy atom. The lowest BCUT2D eigenvalue weighted by molar-refractivity contribution is -0.144. The fraction of sp³-hybridized carbons (Fsp3) is 0.160. The van der Waals surface area contributed by atoms with Crippen molar-refractivity contribution in [3.63, 3.8) is 0 Å². The van der Waals surface area contributed by atoms with E-state index in [1.54, 1.807) is 13.0 Å². The molecule has 0 aliphatic rings. The molecule has 0 bridgehead atoms. The predicted octanol–water partition coefficient (Wildman–Crippen LogP) is 5.61. The zero-order valence-corrected chi connectivity index (χ0v) is 20.5. The maximum Gasteiger partial charge on any atom is 0.317 e. The molecule has 7 heteroatoms. The molecule has 0 saturated carbocycles. The molecule has 5 nitrogen and oxygen atoms in total. The van der Waals surface area contributed by atoms with Crippen molar-refractivity contribution in [2.45, 2.75) is 19.4 Å². The van der Waals surface area contributed by atoms with Crippen molar-refractivity contribution in [1.29, 1.82) is 0 Å². The van der Waals surface area contributed by atoms with Gasteiger partial charge in [-0.3, -0.25) is 14.2 Å². The molecule has 32 heavy (non-hydrogen) atoms. The Bertz CT molecular complexity index is 1280. The van der Waals surface area contributed by atoms with Gasteiger partial charge in [0, 0.05) is 8.95 Å². The van der Waals surface area contributed by atoms with Crippen molar-refractivity contribution < 1.29 is 9.53 Å². The lowest BCUT2D eigenvalue weighted by atomic mass is 9.91. The molecule has 4 rings (SSSR count). The standard InChI is InChI=1S/C25H20Br2N2O3/c1-16-28-23-20(14-19(26)15-21(23)27)24(30)29(16)12-13-32-25(31)22(17-8-4-2-5-9-17)18-10-6-3-7-11-18/h2-11,14-15,22H,12-13H2,1H3. The summed E-state index contributed by atoms with van der Waals surface area (Å²) in [4.78, 5) is 30.7. The maximum atomic E-state index is 13.1. The van der Waals surface area contributed by atoms with Crippen LogP contribution in [0, 0.1) is 6.92 Å². The summed E-state index contributed by atoms with van der Waals surface area (Å²) in [5, 5.41) is 0.495. The number of carbonyl (C=O) groups is 1. The van der Waals surface area contributed by atoms with Crippen molar-refractivity contribution in [1.82, 2.24) is 9.55 Å². The second kappa shape index (κ2) is 9.79. The second-order valence-electron chi connectivity index (χ2n) is 7.32. The quantitative estimate of drug-likeness (QED) is 0.290. The normalized spacial score (nSPS) is 11.1. The van der Waals surface area contributed by atoms with Crippen molar-refractivity contribution in [2.75, 3.05) is 6.61 Å². The zero-order valence-electron chi connectivity index (χ0n) is 17.3. The minimum atomic E-state index is -0.531. The average molecular weight is 556 g/mol. The van der Waals surface area contributed by atoms with Gasteiger partial charge in [0.05, 0.1) is 17.4 Å². The van der Waals surface area contributed by atoms with Gasteiger partial charge < -0.3 is 4.74 Å². The van der Waals surface area contributed by atoms with Gasteiger partial charge in [0.2, 0.25) is 0 Å². The first-order valence-electron chi connectivity index (χ1n) is 10.1. The van der Waals surface area contributed by atoms with E-state index >= 15 is 0 Å². The second-order valence-corrected chi connectivity index (χ2v) is 9.09. The van der Waals surface area contributed by atoms with E-state index in [1.807, 2.05) is 66.7 Å². The Balaban J connectivity index is 1.56. The van der Waals surface area contributed by atoms with Crippen LogP contribution in [0.5, 0.6) is 0 Å². The maximum absolute atomic E-state index is 13.1. The number of ether oxygens (including phenoxy) is 1. The topological polar surface area (TPSA) is 61.2 Å². The highest BCUT2D eigenvalue weighted by Gasteiger charge is 2.24. The van der Waals surface area contributed by atoms with Gasteiger partial charge in [0.1, 0.15) is 18.3 Å². The number of halogens is 2. The van der Waals surface area contributed by atoms with Crippen LogP contribution in [0.15, 0.2) is 86.5 Å². The summed E-state index contributed by atoms with van der Waals surface area (Å²) in [6.45, 7) is 2.06. The highest BCUT2D eigenvalue weighted by molar-refractivity contribution is 9.11. The summed E-state index contributed by atoms with van der Waals surface area (Å²) in [5.74, 6) is -0.326. The van der Waals surface area contributed by atoms with E-state index in [-0.39, 0.29) is 24.7 Å². The Labute approximate surface area is 202 Å². The van der Waals surface area contributed by atoms with E-state index in [9.17, 15) is 9.59 Å². The Morgan fingerprint density at radius 2 is 1.59 bits per heavy atom. The van der Waals surface area contributed by atoms with Gasteiger partial charge in [-0.2, -0.15) is 0 Å². The Kier molecular flexibility index (Phi) is 6.86. The van der Waals surface area contributed by atoms with E-state index in [0.29, 0.717) is 16.7 Å². The fourth-order valence-corrected chi connectivity index (χ4v) is 5.01. The first-order chi connectivity index (χ1) is 15.5. The van der Waals surface area contributed by atoms with Gasteiger partial charge in [-0.1, -0.05) is 76.6 Å². The number of hydrogen-bond donors (Lipinski definition) is 0. The van der Waals surface area contributed by atoms with E-state index < -0.39 is 5.92 Å². The smallest absolute Gasteiger partial charge is 0.317 e. The summed E-state index contributed by atoms with van der Waals surface area (Å²) in [7, 11) is 0. The zero-order chi connectivity index (χ0) is 22.7. The van der Waals surface area contributed by atoms with Crippen molar-refractivity contribution in [2.24, 2.45) is 0 Å². The molecule has 0 spiro atoms. The van der Waals surface area contributed by atoms with Gasteiger partial charge in [0.15, 0.2) is 0 Å². The molecule has 0 saturated heterocycles. The van der Waals surface area contributed by atoms with E-state index in [1.165, 1.54) is 4.57 Å². The van der Waals surface area contributed by atoms with E-state index in [0.717, 1.165) is 20.1 Å². The largest absolute Gasteiger partial charge is 0.463 e. The first-order valence-corrected chi connectivity index (χ1v) is 11.7. The minimum absolute atomic E-state index is 0.0676. The lowest BCUT2D eigenvalue weighted by Crippen LogP contribution is -2.27. The van der Waals surface area contributed by atoms with Gasteiger partial charge >= 0.3 is 5.97 Å². The van der Waals surface area contributed by atoms with Crippen LogP contribution in [0.3, 0.4) is 0 Å². The van der Waals surface area contributed by atoms with Crippen LogP contribution in [-0.2, 0) is 16.1 Å². The van der Waals surface area contributed by atoms with Crippen LogP contribution in [0.25, 0.3) is 10.9 Å². The summed E-state index contributed by atoms with van der Waals surface area (Å²) >= 11 is 6.88. The van der Waals surface area contributed by atoms with Gasteiger partial charge in [-0.25, -0.2) is 4.98 Å². The van der Waals surface area contributed by atoms with Crippen molar-refractivity contribution in [3.8, 4) is 0 Å². The number of aromatic nitrogens is 2. The number of benzene rings is 3. The van der Waals surface area contributed by atoms with Crippen LogP contribution in [0.2, 0.25) is 0 Å². The third-order valence-corrected chi connectivity index (χ3v) is 6.29. The van der Waals surface area contributed by atoms with Gasteiger partial charge in [0.25, 0.3) is 5.56 Å². The Hall–Kier alpha value is -2.77. The summed E-state index contributed by atoms with van der Waals surface area (Å²) in [6, 6.07) is 22.7. The third kappa shape index (κ3) is 4.69. The SMILES string of the molecule is Cc1nc2c(Br)cc(Br)cc2c(=O)n1CCOC(=O)C(c1ccccc1)c1ccccc1. The molecule has 0 aliphatic heterocycles. The Morgan fingerprint density at radius 1 is 1.00 bits per heavy atom. The molecule has 1 heterocycles. The van der Waals surface area contributed by atoms with Crippen molar-refractivity contribution >= 4 is 48.7 Å². The molecule has 0 unspecified atom stereocenters. The molecular weight excluding hydrogens is 536 g/mol. The average Bonchev–Trinajstić information content (AvgIpc) is 2.79. The number of hydrogen-bond acceptors (Lipinski definition) is 4. The number of rotatable bonds is 6. The summed E-state index contributed by atoms with van der Waals surface area (Å²) in [6.07, 6.45) is 0. The molecule has 1 aromatic heterocycles. The highest BCUT2D eigenvalue weighted by Crippen LogP contribution is 2.27. The molecule has 0 amide bonds. The number of fused-ring (bicyclic) bond motifs is 1. The summed E-state index contributed by atoms with van der Waals surface area (Å²) < 4.78 is 8.71. The van der Waals surface area contributed by atoms with Gasteiger partial charge in [-0.15, -0.1) is 0 Å². The molecule has 4 aromatic rings. The fourth-order valence-electron chi connectivity index (χ4n) is 3.70. The minimum Gasteiger partial charge on any atom is -0.463 e. The number of carbonyl (C=O) groups excluding carboxylic acids is 1. The van der Waals surface area contributed by atoms with Crippen LogP contribution >= 0.6 is 31.9 Å². The van der Waals surface area contributed by atoms with E-state index in [4.69, 9.17) is 4.74 Å². The molecular formula is C25H20Br2N2O3. The molecule has 3 aromatic carbocycles. The molecule has 0 aliphatic carbocycles. The van der Waals surface area contributed by atoms with Crippen LogP contribution in [0.1, 0.15) is 22.9 Å². The monoisotopic (exact) mass is 554 g/mol. The van der Waals surface area contributed by atoms with Crippen molar-refractivity contribution in [3.05, 3.63) is 109 Å². The van der Waals surface area contributed by atoms with Crippen LogP contribution < -0.4 is 5.56 Å². The highest BCUT2D eigenvalue weighted by atomic mass is 79.9. The van der Waals surface area contributed by atoms with Gasteiger partial charge in [-0.05, 0) is 46.1 Å². The van der Waals surface area contributed by atoms with Crippen LogP contribution in [0.4, 0.5) is 0 Å². The van der Waals surface area contributed by atoms with Crippen LogP contribution in [-0.4, -0.2) is 22.1 Å². The first kappa shape index (κ1) is 22.4. The molecule has 0 fully saturated rings. The molecule has 0 N–H and O–H groups in total. The lowest BCUT2D eigenvalue weighted by Gasteiger charge is -2.18. The predicted molar refractivity (Wildman–Crippen MR) is 132 cm³/mol. The summed E-state index contributed by atoms with van der Waals surface area (Å²) in [5.41, 5.74) is 2.16. The number of aryl methyl sites for hydroxylation is 1. The molecule has 0 radical (unpaired) electrons. The van der Waals surface area contributed by atoms with E-state index in [2.05, 4.69) is 36.8 Å². The molecule has 162 valence electrons.